The van der Waals surface area contributed by atoms with Crippen molar-refractivity contribution in [3.8, 4) is 6.07 Å². The summed E-state index contributed by atoms with van der Waals surface area (Å²) in [6, 6.07) is 2.03. The number of nitrogens with zero attached hydrogens (tertiary/aromatic N) is 3. The molecule has 5 nitrogen and oxygen atoms in total. The molecule has 1 heterocycles. The van der Waals surface area contributed by atoms with Crippen LogP contribution in [0.2, 0.25) is 0 Å². The van der Waals surface area contributed by atoms with Gasteiger partial charge in [-0.15, -0.1) is 5.10 Å². The molecule has 0 atom stereocenters. The zero-order valence-corrected chi connectivity index (χ0v) is 9.30. The van der Waals surface area contributed by atoms with Crippen LogP contribution in [-0.4, -0.2) is 22.0 Å². The van der Waals surface area contributed by atoms with Gasteiger partial charge >= 0.3 is 0 Å². The lowest BCUT2D eigenvalue weighted by molar-refractivity contribution is 0.0956. The summed E-state index contributed by atoms with van der Waals surface area (Å²) in [7, 11) is 0. The van der Waals surface area contributed by atoms with E-state index in [9.17, 15) is 4.79 Å². The Morgan fingerprint density at radius 2 is 2.47 bits per heavy atom. The quantitative estimate of drug-likeness (QED) is 0.760. The summed E-state index contributed by atoms with van der Waals surface area (Å²) in [5.41, 5.74) is 0.734. The highest BCUT2D eigenvalue weighted by molar-refractivity contribution is 7.08. The van der Waals surface area contributed by atoms with Crippen molar-refractivity contribution >= 4 is 17.4 Å². The lowest BCUT2D eigenvalue weighted by Gasteiger charge is -2.01. The van der Waals surface area contributed by atoms with Gasteiger partial charge < -0.3 is 5.32 Å². The van der Waals surface area contributed by atoms with Crippen LogP contribution in [0.3, 0.4) is 0 Å². The summed E-state index contributed by atoms with van der Waals surface area (Å²) >= 11 is 1.11. The van der Waals surface area contributed by atoms with Crippen molar-refractivity contribution in [3.63, 3.8) is 0 Å². The van der Waals surface area contributed by atoms with Crippen LogP contribution >= 0.6 is 11.5 Å². The molecular formula is C9H12N4OS. The Morgan fingerprint density at radius 3 is 3.13 bits per heavy atom. The van der Waals surface area contributed by atoms with E-state index in [1.807, 2.05) is 13.0 Å². The Balaban J connectivity index is 2.44. The average Bonchev–Trinajstić information content (AvgIpc) is 2.72. The first kappa shape index (κ1) is 11.6. The second-order valence-electron chi connectivity index (χ2n) is 2.92. The maximum Gasteiger partial charge on any atom is 0.264 e. The zero-order chi connectivity index (χ0) is 11.1. The summed E-state index contributed by atoms with van der Waals surface area (Å²) in [6.07, 6.45) is 1.84. The van der Waals surface area contributed by atoms with Gasteiger partial charge in [0.05, 0.1) is 11.8 Å². The molecule has 0 saturated heterocycles. The van der Waals surface area contributed by atoms with Crippen LogP contribution in [0.15, 0.2) is 0 Å². The molecule has 0 fully saturated rings. The van der Waals surface area contributed by atoms with Gasteiger partial charge in [-0.2, -0.15) is 5.26 Å². The van der Waals surface area contributed by atoms with Crippen molar-refractivity contribution in [3.05, 3.63) is 10.6 Å². The first-order valence-electron chi connectivity index (χ1n) is 4.76. The van der Waals surface area contributed by atoms with Crippen LogP contribution in [0.4, 0.5) is 0 Å². The maximum absolute atomic E-state index is 11.6. The second-order valence-corrected chi connectivity index (χ2v) is 3.67. The third-order valence-electron chi connectivity index (χ3n) is 1.85. The number of rotatable bonds is 5. The third-order valence-corrected chi connectivity index (χ3v) is 2.61. The molecule has 1 aromatic heterocycles. The highest BCUT2D eigenvalue weighted by Crippen LogP contribution is 2.10. The molecule has 1 aromatic rings. The van der Waals surface area contributed by atoms with E-state index in [0.29, 0.717) is 30.7 Å². The summed E-state index contributed by atoms with van der Waals surface area (Å²) in [6.45, 7) is 2.46. The third kappa shape index (κ3) is 3.29. The van der Waals surface area contributed by atoms with Gasteiger partial charge in [0.2, 0.25) is 0 Å². The Bertz CT molecular complexity index is 368. The first-order valence-corrected chi connectivity index (χ1v) is 5.53. The standard InChI is InChI=1S/C9H12N4OS/c1-2-7-8(15-13-12-7)9(14)11-6-4-3-5-10/h2-4,6H2,1H3,(H,11,14). The normalized spacial score (nSPS) is 9.60. The van der Waals surface area contributed by atoms with Gasteiger partial charge in [-0.3, -0.25) is 4.79 Å². The summed E-state index contributed by atoms with van der Waals surface area (Å²) in [4.78, 5) is 12.2. The summed E-state index contributed by atoms with van der Waals surface area (Å²) in [5, 5.41) is 14.9. The molecule has 0 saturated carbocycles. The van der Waals surface area contributed by atoms with Crippen LogP contribution in [-0.2, 0) is 6.42 Å². The van der Waals surface area contributed by atoms with E-state index in [1.54, 1.807) is 0 Å². The lowest BCUT2D eigenvalue weighted by atomic mass is 10.3. The Kier molecular flexibility index (Phi) is 4.71. The van der Waals surface area contributed by atoms with E-state index in [1.165, 1.54) is 0 Å². The van der Waals surface area contributed by atoms with Crippen LogP contribution in [0, 0.1) is 11.3 Å². The van der Waals surface area contributed by atoms with E-state index in [4.69, 9.17) is 5.26 Å². The molecule has 0 bridgehead atoms. The van der Waals surface area contributed by atoms with E-state index in [2.05, 4.69) is 14.9 Å². The number of hydrogen-bond donors (Lipinski definition) is 1. The van der Waals surface area contributed by atoms with Crippen molar-refractivity contribution in [1.82, 2.24) is 14.9 Å². The number of carbonyl (C=O) groups is 1. The fourth-order valence-corrected chi connectivity index (χ4v) is 1.73. The zero-order valence-electron chi connectivity index (χ0n) is 8.49. The number of aryl methyl sites for hydroxylation is 1. The number of amides is 1. The van der Waals surface area contributed by atoms with Crippen molar-refractivity contribution in [2.45, 2.75) is 26.2 Å². The second kappa shape index (κ2) is 6.09. The minimum atomic E-state index is -0.139. The number of nitriles is 1. The van der Waals surface area contributed by atoms with Gasteiger partial charge in [0.25, 0.3) is 5.91 Å². The Hall–Kier alpha value is -1.48. The van der Waals surface area contributed by atoms with Crippen LogP contribution in [0.5, 0.6) is 0 Å². The maximum atomic E-state index is 11.6. The smallest absolute Gasteiger partial charge is 0.264 e. The summed E-state index contributed by atoms with van der Waals surface area (Å²) < 4.78 is 3.74. The minimum Gasteiger partial charge on any atom is -0.351 e. The summed E-state index contributed by atoms with van der Waals surface area (Å²) in [5.74, 6) is -0.139. The number of nitrogens with one attached hydrogen (secondary N) is 1. The number of aromatic nitrogens is 2. The van der Waals surface area contributed by atoms with Crippen LogP contribution in [0.25, 0.3) is 0 Å². The van der Waals surface area contributed by atoms with Crippen molar-refractivity contribution in [2.24, 2.45) is 0 Å². The molecule has 1 N–H and O–H groups in total. The van der Waals surface area contributed by atoms with Gasteiger partial charge in [0.1, 0.15) is 4.88 Å². The fraction of sp³-hybridized carbons (Fsp3) is 0.556. The van der Waals surface area contributed by atoms with Gasteiger partial charge in [0, 0.05) is 13.0 Å². The van der Waals surface area contributed by atoms with Gasteiger partial charge in [-0.25, -0.2) is 0 Å². The Morgan fingerprint density at radius 1 is 1.67 bits per heavy atom. The minimum absolute atomic E-state index is 0.139. The first-order chi connectivity index (χ1) is 7.29. The van der Waals surface area contributed by atoms with E-state index in [-0.39, 0.29) is 5.91 Å². The monoisotopic (exact) mass is 224 g/mol. The average molecular weight is 224 g/mol. The molecule has 0 aliphatic carbocycles. The van der Waals surface area contributed by atoms with Crippen molar-refractivity contribution < 1.29 is 4.79 Å². The highest BCUT2D eigenvalue weighted by atomic mass is 32.1. The topological polar surface area (TPSA) is 78.7 Å². The molecule has 1 amide bonds. The highest BCUT2D eigenvalue weighted by Gasteiger charge is 2.13. The number of carbonyl (C=O) groups excluding carboxylic acids is 1. The molecule has 15 heavy (non-hydrogen) atoms. The van der Waals surface area contributed by atoms with Crippen molar-refractivity contribution in [1.29, 1.82) is 5.26 Å². The molecule has 0 radical (unpaired) electrons. The SMILES string of the molecule is CCc1nnsc1C(=O)NCCCC#N. The predicted molar refractivity (Wildman–Crippen MR) is 56.5 cm³/mol. The molecule has 80 valence electrons. The number of unbranched alkanes of at least 4 members (excludes halogenated alkanes) is 1. The van der Waals surface area contributed by atoms with Crippen LogP contribution < -0.4 is 5.32 Å². The molecular weight excluding hydrogens is 212 g/mol. The fourth-order valence-electron chi connectivity index (χ4n) is 1.06. The van der Waals surface area contributed by atoms with Gasteiger partial charge in [-0.1, -0.05) is 11.4 Å². The van der Waals surface area contributed by atoms with Crippen LogP contribution in [0.1, 0.15) is 35.1 Å². The molecule has 0 aromatic carbocycles. The molecule has 0 unspecified atom stereocenters. The van der Waals surface area contributed by atoms with Gasteiger partial charge in [0.15, 0.2) is 0 Å². The predicted octanol–water partition coefficient (Wildman–Crippen LogP) is 1.13. The van der Waals surface area contributed by atoms with Gasteiger partial charge in [-0.05, 0) is 24.4 Å². The molecule has 0 aliphatic rings. The van der Waals surface area contributed by atoms with E-state index < -0.39 is 0 Å². The molecule has 0 aliphatic heterocycles. The largest absolute Gasteiger partial charge is 0.351 e. The number of hydrogen-bond acceptors (Lipinski definition) is 5. The Labute approximate surface area is 92.3 Å². The lowest BCUT2D eigenvalue weighted by Crippen LogP contribution is -2.24. The molecule has 1 rings (SSSR count). The molecule has 0 spiro atoms. The van der Waals surface area contributed by atoms with E-state index >= 15 is 0 Å². The van der Waals surface area contributed by atoms with E-state index in [0.717, 1.165) is 17.2 Å². The molecule has 6 heteroatoms. The van der Waals surface area contributed by atoms with Crippen molar-refractivity contribution in [2.75, 3.05) is 6.54 Å².